The zero-order valence-corrected chi connectivity index (χ0v) is 13.6. The van der Waals surface area contributed by atoms with E-state index in [1.807, 2.05) is 22.6 Å². The normalized spacial score (nSPS) is 11.3. The summed E-state index contributed by atoms with van der Waals surface area (Å²) in [7, 11) is -4.10. The third-order valence-corrected chi connectivity index (χ3v) is 4.67. The fraction of sp³-hybridized carbons (Fsp3) is 0. The molecule has 0 aliphatic rings. The molecular weight excluding hydrogens is 418 g/mol. The van der Waals surface area contributed by atoms with Crippen LogP contribution < -0.4 is 10.5 Å². The highest BCUT2D eigenvalue weighted by molar-refractivity contribution is 14.1. The quantitative estimate of drug-likeness (QED) is 0.583. The summed E-state index contributed by atoms with van der Waals surface area (Å²) >= 11 is 7.76. The molecule has 0 amide bonds. The van der Waals surface area contributed by atoms with Crippen LogP contribution in [0.15, 0.2) is 41.3 Å². The fourth-order valence-corrected chi connectivity index (χ4v) is 3.56. The van der Waals surface area contributed by atoms with Gasteiger partial charge in [-0.05, 0) is 52.9 Å². The van der Waals surface area contributed by atoms with Crippen LogP contribution in [-0.4, -0.2) is 8.42 Å². The van der Waals surface area contributed by atoms with Crippen molar-refractivity contribution in [3.8, 4) is 0 Å². The molecule has 0 aliphatic heterocycles. The van der Waals surface area contributed by atoms with E-state index >= 15 is 0 Å². The van der Waals surface area contributed by atoms with Crippen LogP contribution in [0, 0.1) is 9.39 Å². The van der Waals surface area contributed by atoms with E-state index in [4.69, 9.17) is 17.3 Å². The van der Waals surface area contributed by atoms with Gasteiger partial charge in [0.1, 0.15) is 4.90 Å². The van der Waals surface area contributed by atoms with Crippen molar-refractivity contribution in [3.05, 3.63) is 50.8 Å². The van der Waals surface area contributed by atoms with Crippen LogP contribution in [0.2, 0.25) is 5.02 Å². The largest absolute Gasteiger partial charge is 0.396 e. The average Bonchev–Trinajstić information content (AvgIpc) is 2.33. The van der Waals surface area contributed by atoms with E-state index in [0.29, 0.717) is 5.69 Å². The van der Waals surface area contributed by atoms with E-state index in [0.717, 1.165) is 15.7 Å². The first-order valence-corrected chi connectivity index (χ1v) is 8.26. The Morgan fingerprint density at radius 2 is 1.95 bits per heavy atom. The topological polar surface area (TPSA) is 72.2 Å². The number of anilines is 2. The summed E-state index contributed by atoms with van der Waals surface area (Å²) in [4.78, 5) is -0.582. The summed E-state index contributed by atoms with van der Waals surface area (Å²) < 4.78 is 41.3. The number of hydrogen-bond donors (Lipinski definition) is 2. The maximum Gasteiger partial charge on any atom is 0.264 e. The monoisotopic (exact) mass is 426 g/mol. The van der Waals surface area contributed by atoms with Crippen LogP contribution in [0.5, 0.6) is 0 Å². The zero-order valence-electron chi connectivity index (χ0n) is 9.90. The molecule has 3 N–H and O–H groups in total. The first kappa shape index (κ1) is 15.3. The summed E-state index contributed by atoms with van der Waals surface area (Å²) in [5.74, 6) is -1.02. The van der Waals surface area contributed by atoms with Crippen molar-refractivity contribution in [3.63, 3.8) is 0 Å². The van der Waals surface area contributed by atoms with Crippen molar-refractivity contribution in [2.24, 2.45) is 0 Å². The lowest BCUT2D eigenvalue weighted by molar-refractivity contribution is 0.573. The van der Waals surface area contributed by atoms with Crippen molar-refractivity contribution in [2.75, 3.05) is 10.5 Å². The van der Waals surface area contributed by atoms with Gasteiger partial charge in [-0.3, -0.25) is 4.72 Å². The van der Waals surface area contributed by atoms with E-state index in [9.17, 15) is 12.8 Å². The SMILES string of the molecule is Nc1cc(Cl)cc(S(=O)(=O)Nc2cccc(I)c2)c1F. The zero-order chi connectivity index (χ0) is 14.9. The van der Waals surface area contributed by atoms with Gasteiger partial charge in [0.05, 0.1) is 5.69 Å². The standard InChI is InChI=1S/C12H9ClFIN2O2S/c13-7-4-10(16)12(14)11(5-7)20(18,19)17-9-3-1-2-8(15)6-9/h1-6,17H,16H2. The number of hydrogen-bond acceptors (Lipinski definition) is 3. The van der Waals surface area contributed by atoms with E-state index in [1.165, 1.54) is 0 Å². The van der Waals surface area contributed by atoms with E-state index < -0.39 is 20.7 Å². The predicted molar refractivity (Wildman–Crippen MR) is 85.8 cm³/mol. The Balaban J connectivity index is 2.46. The molecule has 0 aliphatic carbocycles. The summed E-state index contributed by atoms with van der Waals surface area (Å²) in [6, 6.07) is 8.83. The summed E-state index contributed by atoms with van der Waals surface area (Å²) in [6.07, 6.45) is 0. The van der Waals surface area contributed by atoms with Gasteiger partial charge >= 0.3 is 0 Å². The lowest BCUT2D eigenvalue weighted by Crippen LogP contribution is -2.15. The smallest absolute Gasteiger partial charge is 0.264 e. The van der Waals surface area contributed by atoms with Crippen molar-refractivity contribution in [1.82, 2.24) is 0 Å². The van der Waals surface area contributed by atoms with Gasteiger partial charge in [-0.1, -0.05) is 17.7 Å². The lowest BCUT2D eigenvalue weighted by Gasteiger charge is -2.10. The summed E-state index contributed by atoms with van der Waals surface area (Å²) in [5, 5.41) is 0.0481. The third-order valence-electron chi connectivity index (χ3n) is 2.40. The molecule has 0 spiro atoms. The summed E-state index contributed by atoms with van der Waals surface area (Å²) in [6.45, 7) is 0. The van der Waals surface area contributed by atoms with Crippen molar-refractivity contribution < 1.29 is 12.8 Å². The van der Waals surface area contributed by atoms with E-state index in [2.05, 4.69) is 4.72 Å². The van der Waals surface area contributed by atoms with Gasteiger partial charge in [0.2, 0.25) is 0 Å². The maximum atomic E-state index is 13.9. The van der Waals surface area contributed by atoms with Gasteiger partial charge in [-0.25, -0.2) is 12.8 Å². The van der Waals surface area contributed by atoms with Gasteiger partial charge in [-0.15, -0.1) is 0 Å². The molecule has 106 valence electrons. The van der Waals surface area contributed by atoms with E-state index in [-0.39, 0.29) is 10.7 Å². The van der Waals surface area contributed by atoms with Crippen molar-refractivity contribution in [1.29, 1.82) is 0 Å². The minimum Gasteiger partial charge on any atom is -0.396 e. The van der Waals surface area contributed by atoms with Crippen molar-refractivity contribution >= 4 is 55.6 Å². The number of rotatable bonds is 3. The molecule has 2 aromatic rings. The molecule has 0 saturated heterocycles. The molecule has 0 fully saturated rings. The number of nitrogen functional groups attached to an aromatic ring is 1. The third kappa shape index (κ3) is 3.33. The first-order chi connectivity index (χ1) is 9.29. The lowest BCUT2D eigenvalue weighted by atomic mass is 10.3. The highest BCUT2D eigenvalue weighted by Crippen LogP contribution is 2.27. The number of nitrogens with one attached hydrogen (secondary N) is 1. The maximum absolute atomic E-state index is 13.9. The Bertz CT molecular complexity index is 768. The van der Waals surface area contributed by atoms with Crippen LogP contribution in [-0.2, 0) is 10.0 Å². The van der Waals surface area contributed by atoms with E-state index in [1.54, 1.807) is 24.3 Å². The number of halogens is 3. The second kappa shape index (κ2) is 5.74. The summed E-state index contributed by atoms with van der Waals surface area (Å²) in [5.41, 5.74) is 5.39. The Kier molecular flexibility index (Phi) is 4.40. The minimum absolute atomic E-state index is 0.0481. The molecule has 0 heterocycles. The highest BCUT2D eigenvalue weighted by atomic mass is 127. The fourth-order valence-electron chi connectivity index (χ4n) is 1.54. The average molecular weight is 427 g/mol. The Labute approximate surface area is 134 Å². The number of sulfonamides is 1. The predicted octanol–water partition coefficient (Wildman–Crippen LogP) is 3.47. The molecule has 2 rings (SSSR count). The van der Waals surface area contributed by atoms with Crippen LogP contribution in [0.25, 0.3) is 0 Å². The van der Waals surface area contributed by atoms with Gasteiger partial charge in [0.25, 0.3) is 10.0 Å². The molecule has 0 saturated carbocycles. The molecule has 20 heavy (non-hydrogen) atoms. The van der Waals surface area contributed by atoms with Gasteiger partial charge < -0.3 is 5.73 Å². The molecule has 0 radical (unpaired) electrons. The molecule has 0 aromatic heterocycles. The van der Waals surface area contributed by atoms with Gasteiger partial charge in [-0.2, -0.15) is 0 Å². The van der Waals surface area contributed by atoms with Crippen LogP contribution in [0.4, 0.5) is 15.8 Å². The van der Waals surface area contributed by atoms with Crippen LogP contribution in [0.3, 0.4) is 0 Å². The molecule has 0 bridgehead atoms. The second-order valence-corrected chi connectivity index (χ2v) is 7.26. The Hall–Kier alpha value is -1.06. The number of nitrogens with two attached hydrogens (primary N) is 1. The molecule has 2 aromatic carbocycles. The van der Waals surface area contributed by atoms with Gasteiger partial charge in [0, 0.05) is 14.3 Å². The number of benzene rings is 2. The molecular formula is C12H9ClFIN2O2S. The van der Waals surface area contributed by atoms with Crippen LogP contribution >= 0.6 is 34.2 Å². The second-order valence-electron chi connectivity index (χ2n) is 3.92. The molecule has 0 unspecified atom stereocenters. The first-order valence-electron chi connectivity index (χ1n) is 5.32. The Morgan fingerprint density at radius 3 is 2.60 bits per heavy atom. The van der Waals surface area contributed by atoms with Crippen molar-refractivity contribution in [2.45, 2.75) is 4.90 Å². The minimum atomic E-state index is -4.10. The Morgan fingerprint density at radius 1 is 1.25 bits per heavy atom. The van der Waals surface area contributed by atoms with Gasteiger partial charge in [0.15, 0.2) is 5.82 Å². The highest BCUT2D eigenvalue weighted by Gasteiger charge is 2.22. The molecule has 4 nitrogen and oxygen atoms in total. The molecule has 8 heteroatoms. The van der Waals surface area contributed by atoms with Crippen LogP contribution in [0.1, 0.15) is 0 Å². The molecule has 0 atom stereocenters.